The summed E-state index contributed by atoms with van der Waals surface area (Å²) in [4.78, 5) is 20.6. The molecular formula is C20H24FN5O2. The van der Waals surface area contributed by atoms with Crippen LogP contribution in [0, 0.1) is 0 Å². The van der Waals surface area contributed by atoms with Crippen molar-refractivity contribution in [3.8, 4) is 5.88 Å². The molecule has 1 heterocycles. The second-order valence-corrected chi connectivity index (χ2v) is 6.29. The number of anilines is 1. The Kier molecular flexibility index (Phi) is 7.08. The molecule has 1 fully saturated rings. The van der Waals surface area contributed by atoms with Crippen LogP contribution in [0.15, 0.2) is 73.2 Å². The van der Waals surface area contributed by atoms with E-state index in [-0.39, 0.29) is 11.7 Å². The first-order chi connectivity index (χ1) is 13.3. The van der Waals surface area contributed by atoms with Gasteiger partial charge in [-0.15, -0.1) is 0 Å². The molecule has 1 saturated carbocycles. The van der Waals surface area contributed by atoms with Crippen LogP contribution in [0.4, 0.5) is 10.2 Å². The van der Waals surface area contributed by atoms with Gasteiger partial charge in [0.15, 0.2) is 0 Å². The minimum Gasteiger partial charge on any atom is -0.473 e. The maximum atomic E-state index is 13.7. The molecule has 0 bridgehead atoms. The third kappa shape index (κ3) is 6.39. The van der Waals surface area contributed by atoms with Crippen LogP contribution in [0.1, 0.15) is 19.8 Å². The van der Waals surface area contributed by atoms with Gasteiger partial charge in [0, 0.05) is 7.05 Å². The summed E-state index contributed by atoms with van der Waals surface area (Å²) in [5.74, 6) is -0.121. The van der Waals surface area contributed by atoms with Crippen LogP contribution in [-0.2, 0) is 4.79 Å². The Balaban J connectivity index is 2.06. The summed E-state index contributed by atoms with van der Waals surface area (Å²) in [7, 11) is 1.58. The molecule has 0 aromatic carbocycles. The lowest BCUT2D eigenvalue weighted by Gasteiger charge is -2.24. The highest BCUT2D eigenvalue weighted by Gasteiger charge is 2.24. The predicted molar refractivity (Wildman–Crippen MR) is 107 cm³/mol. The second-order valence-electron chi connectivity index (χ2n) is 6.29. The van der Waals surface area contributed by atoms with Gasteiger partial charge in [-0.3, -0.25) is 15.2 Å². The summed E-state index contributed by atoms with van der Waals surface area (Å²) in [5, 5.41) is 4.41. The van der Waals surface area contributed by atoms with Gasteiger partial charge in [0.05, 0.1) is 18.0 Å². The van der Waals surface area contributed by atoms with Gasteiger partial charge in [-0.25, -0.2) is 14.4 Å². The van der Waals surface area contributed by atoms with Crippen LogP contribution in [0.25, 0.3) is 0 Å². The minimum absolute atomic E-state index is 0.233. The summed E-state index contributed by atoms with van der Waals surface area (Å²) in [6.45, 7) is 12.5. The second kappa shape index (κ2) is 9.50. The summed E-state index contributed by atoms with van der Waals surface area (Å²) >= 11 is 0. The van der Waals surface area contributed by atoms with Crippen LogP contribution >= 0.6 is 0 Å². The number of hydrogen-bond acceptors (Lipinski definition) is 6. The van der Waals surface area contributed by atoms with E-state index >= 15 is 0 Å². The zero-order valence-corrected chi connectivity index (χ0v) is 16.0. The fraction of sp³-hybridized carbons (Fsp3) is 0.250. The van der Waals surface area contributed by atoms with E-state index in [0.717, 1.165) is 24.5 Å². The maximum Gasteiger partial charge on any atom is 0.272 e. The average molecular weight is 385 g/mol. The molecule has 2 N–H and O–H groups in total. The quantitative estimate of drug-likeness (QED) is 0.365. The summed E-state index contributed by atoms with van der Waals surface area (Å²) in [5.41, 5.74) is 2.93. The molecule has 0 atom stereocenters. The standard InChI is InChI=1S/C20H24FN5O2/c1-6-7-16(21)14(4)20(27)25-26(5)18(10-13(2)3)24-17-11-23-19(12-22-17)28-15-8-9-15/h6-7,10-12,15H,1-2,4,8-9H2,3,5H3,(H,22,24)(H,25,27)/b16-7+,18-10-. The number of aromatic nitrogens is 2. The first kappa shape index (κ1) is 20.9. The van der Waals surface area contributed by atoms with Gasteiger partial charge >= 0.3 is 0 Å². The Bertz CT molecular complexity index is 826. The Labute approximate surface area is 164 Å². The molecule has 1 aromatic heterocycles. The fourth-order valence-corrected chi connectivity index (χ4v) is 1.97. The highest BCUT2D eigenvalue weighted by atomic mass is 19.1. The number of ether oxygens (including phenoxy) is 1. The topological polar surface area (TPSA) is 79.4 Å². The Hall–Kier alpha value is -3.42. The number of hydrazine groups is 1. The number of halogens is 1. The van der Waals surface area contributed by atoms with Crippen molar-refractivity contribution >= 4 is 11.7 Å². The molecule has 148 valence electrons. The van der Waals surface area contributed by atoms with Crippen LogP contribution in [0.5, 0.6) is 5.88 Å². The number of rotatable bonds is 10. The van der Waals surface area contributed by atoms with Gasteiger partial charge in [-0.1, -0.05) is 31.4 Å². The molecule has 1 amide bonds. The fourth-order valence-electron chi connectivity index (χ4n) is 1.97. The van der Waals surface area contributed by atoms with E-state index in [1.807, 2.05) is 0 Å². The van der Waals surface area contributed by atoms with Gasteiger partial charge in [-0.2, -0.15) is 0 Å². The molecule has 1 aromatic rings. The van der Waals surface area contributed by atoms with Crippen molar-refractivity contribution in [2.75, 3.05) is 12.4 Å². The predicted octanol–water partition coefficient (Wildman–Crippen LogP) is 3.41. The lowest BCUT2D eigenvalue weighted by molar-refractivity contribution is -0.120. The molecule has 2 rings (SSSR count). The molecule has 0 radical (unpaired) electrons. The molecule has 28 heavy (non-hydrogen) atoms. The molecule has 0 spiro atoms. The highest BCUT2D eigenvalue weighted by molar-refractivity contribution is 5.96. The van der Waals surface area contributed by atoms with Crippen molar-refractivity contribution in [1.29, 1.82) is 0 Å². The van der Waals surface area contributed by atoms with Crippen LogP contribution in [0.2, 0.25) is 0 Å². The largest absolute Gasteiger partial charge is 0.473 e. The molecule has 1 aliphatic rings. The Morgan fingerprint density at radius 3 is 2.61 bits per heavy atom. The molecular weight excluding hydrogens is 361 g/mol. The van der Waals surface area contributed by atoms with E-state index in [2.05, 4.69) is 40.4 Å². The molecule has 0 aliphatic heterocycles. The van der Waals surface area contributed by atoms with E-state index < -0.39 is 11.7 Å². The summed E-state index contributed by atoms with van der Waals surface area (Å²) < 4.78 is 19.3. The van der Waals surface area contributed by atoms with Crippen molar-refractivity contribution in [1.82, 2.24) is 20.4 Å². The number of hydrogen-bond donors (Lipinski definition) is 2. The monoisotopic (exact) mass is 385 g/mol. The van der Waals surface area contributed by atoms with Crippen molar-refractivity contribution in [2.24, 2.45) is 0 Å². The number of allylic oxidation sites excluding steroid dienone is 4. The Morgan fingerprint density at radius 2 is 2.07 bits per heavy atom. The summed E-state index contributed by atoms with van der Waals surface area (Å²) in [6.07, 6.45) is 9.33. The van der Waals surface area contributed by atoms with E-state index in [4.69, 9.17) is 4.74 Å². The number of carbonyl (C=O) groups excluding carboxylic acids is 1. The molecule has 1 aliphatic carbocycles. The lowest BCUT2D eigenvalue weighted by atomic mass is 10.2. The lowest BCUT2D eigenvalue weighted by Crippen LogP contribution is -2.41. The molecule has 8 heteroatoms. The van der Waals surface area contributed by atoms with E-state index in [9.17, 15) is 9.18 Å². The first-order valence-electron chi connectivity index (χ1n) is 8.65. The van der Waals surface area contributed by atoms with Crippen molar-refractivity contribution in [3.63, 3.8) is 0 Å². The van der Waals surface area contributed by atoms with Crippen LogP contribution in [0.3, 0.4) is 0 Å². The smallest absolute Gasteiger partial charge is 0.272 e. The normalized spacial score (nSPS) is 14.1. The van der Waals surface area contributed by atoms with Gasteiger partial charge < -0.3 is 10.1 Å². The Morgan fingerprint density at radius 1 is 1.36 bits per heavy atom. The van der Waals surface area contributed by atoms with Crippen molar-refractivity contribution in [2.45, 2.75) is 25.9 Å². The zero-order chi connectivity index (χ0) is 20.7. The minimum atomic E-state index is -0.767. The SMILES string of the molecule is C=C/C=C(/F)C(=C)C(=O)NN(C)/C(=C\C(=C)C)Nc1cnc(OC2CC2)cn1. The van der Waals surface area contributed by atoms with E-state index in [1.54, 1.807) is 20.0 Å². The van der Waals surface area contributed by atoms with E-state index in [1.165, 1.54) is 23.5 Å². The van der Waals surface area contributed by atoms with Crippen LogP contribution < -0.4 is 15.5 Å². The third-order valence-electron chi connectivity index (χ3n) is 3.54. The van der Waals surface area contributed by atoms with Gasteiger partial charge in [0.25, 0.3) is 5.91 Å². The number of nitrogens with zero attached hydrogens (tertiary/aromatic N) is 3. The van der Waals surface area contributed by atoms with Gasteiger partial charge in [0.1, 0.15) is 23.6 Å². The van der Waals surface area contributed by atoms with Crippen molar-refractivity contribution in [3.05, 3.63) is 73.2 Å². The number of amides is 1. The molecule has 7 nitrogen and oxygen atoms in total. The molecule has 0 saturated heterocycles. The average Bonchev–Trinajstić information content (AvgIpc) is 3.45. The summed E-state index contributed by atoms with van der Waals surface area (Å²) in [6, 6.07) is 0. The number of carbonyl (C=O) groups is 1. The van der Waals surface area contributed by atoms with E-state index in [0.29, 0.717) is 17.5 Å². The maximum absolute atomic E-state index is 13.7. The number of nitrogens with one attached hydrogen (secondary N) is 2. The van der Waals surface area contributed by atoms with Crippen LogP contribution in [-0.4, -0.2) is 34.0 Å². The van der Waals surface area contributed by atoms with Gasteiger partial charge in [0.2, 0.25) is 5.88 Å². The molecule has 0 unspecified atom stereocenters. The zero-order valence-electron chi connectivity index (χ0n) is 16.0. The van der Waals surface area contributed by atoms with Gasteiger partial charge in [-0.05, 0) is 31.9 Å². The van der Waals surface area contributed by atoms with Crippen molar-refractivity contribution < 1.29 is 13.9 Å². The third-order valence-corrected chi connectivity index (χ3v) is 3.54. The first-order valence-corrected chi connectivity index (χ1v) is 8.65. The highest BCUT2D eigenvalue weighted by Crippen LogP contribution is 2.25.